The van der Waals surface area contributed by atoms with Gasteiger partial charge in [-0.05, 0) is 11.1 Å². The van der Waals surface area contributed by atoms with Crippen molar-refractivity contribution >= 4 is 24.4 Å². The van der Waals surface area contributed by atoms with Gasteiger partial charge in [-0.2, -0.15) is 0 Å². The minimum Gasteiger partial charge on any atom is -0.0795 e. The Kier molecular flexibility index (Phi) is 3.25. The summed E-state index contributed by atoms with van der Waals surface area (Å²) in [6.45, 7) is 11.0. The Hall–Kier alpha value is -1.43. The molecule has 4 rings (SSSR count). The van der Waals surface area contributed by atoms with Gasteiger partial charge in [-0.3, -0.25) is 0 Å². The summed E-state index contributed by atoms with van der Waals surface area (Å²) in [5, 5.41) is 0. The molecule has 2 aliphatic heterocycles. The number of hydrogen-bond donors (Lipinski definition) is 0. The predicted molar refractivity (Wildman–Crippen MR) is 100 cm³/mol. The van der Waals surface area contributed by atoms with Crippen molar-refractivity contribution in [1.82, 2.24) is 0 Å². The van der Waals surface area contributed by atoms with Crippen molar-refractivity contribution in [2.24, 2.45) is 0 Å². The first-order valence-corrected chi connectivity index (χ1v) is 8.78. The molecular formula is C20H24B2. The van der Waals surface area contributed by atoms with E-state index in [2.05, 4.69) is 76.2 Å². The molecule has 0 amide bonds. The summed E-state index contributed by atoms with van der Waals surface area (Å²) in [6, 6.07) is 18.5. The van der Waals surface area contributed by atoms with Gasteiger partial charge in [0.25, 0.3) is 0 Å². The van der Waals surface area contributed by atoms with Crippen LogP contribution in [-0.2, 0) is 0 Å². The van der Waals surface area contributed by atoms with E-state index in [0.29, 0.717) is 0 Å². The average molecular weight is 286 g/mol. The summed E-state index contributed by atoms with van der Waals surface area (Å²) in [5.74, 6) is 3.42. The number of benzene rings is 2. The molecule has 2 fully saturated rings. The first kappa shape index (κ1) is 14.2. The predicted octanol–water partition coefficient (Wildman–Crippen LogP) is 4.34. The van der Waals surface area contributed by atoms with E-state index in [1.54, 1.807) is 0 Å². The van der Waals surface area contributed by atoms with E-state index in [9.17, 15) is 0 Å². The first-order chi connectivity index (χ1) is 10.6. The van der Waals surface area contributed by atoms with Gasteiger partial charge < -0.3 is 0 Å². The van der Waals surface area contributed by atoms with Gasteiger partial charge in [0.2, 0.25) is 0 Å². The highest BCUT2D eigenvalue weighted by Gasteiger charge is 2.48. The van der Waals surface area contributed by atoms with Gasteiger partial charge in [-0.15, -0.1) is 0 Å². The monoisotopic (exact) mass is 286 g/mol. The zero-order valence-corrected chi connectivity index (χ0v) is 14.1. The van der Waals surface area contributed by atoms with Gasteiger partial charge >= 0.3 is 0 Å². The van der Waals surface area contributed by atoms with Crippen LogP contribution >= 0.6 is 0 Å². The molecular weight excluding hydrogens is 262 g/mol. The zero-order valence-electron chi connectivity index (χ0n) is 14.1. The van der Waals surface area contributed by atoms with E-state index in [-0.39, 0.29) is 0 Å². The maximum absolute atomic E-state index is 2.36. The first-order valence-electron chi connectivity index (χ1n) is 8.78. The highest BCUT2D eigenvalue weighted by Crippen LogP contribution is 2.48. The van der Waals surface area contributed by atoms with Crippen LogP contribution in [0.4, 0.5) is 0 Å². The molecule has 110 valence electrons. The topological polar surface area (TPSA) is 0 Å². The van der Waals surface area contributed by atoms with Crippen LogP contribution < -0.4 is 10.9 Å². The Morgan fingerprint density at radius 2 is 0.773 bits per heavy atom. The molecule has 0 aromatic heterocycles. The number of hydrogen-bond acceptors (Lipinski definition) is 0. The maximum Gasteiger partial charge on any atom is 0.180 e. The molecule has 2 aliphatic rings. The number of rotatable bonds is 3. The van der Waals surface area contributed by atoms with Crippen LogP contribution in [0.15, 0.2) is 48.5 Å². The van der Waals surface area contributed by atoms with Crippen molar-refractivity contribution in [2.75, 3.05) is 0 Å². The SMILES string of the molecule is CC1B(c2ccc(-c3ccc(B4C(C)C4C)cc3)cc2)C1C. The Labute approximate surface area is 135 Å². The third-order valence-corrected chi connectivity index (χ3v) is 6.57. The minimum absolute atomic E-state index is 0.786. The van der Waals surface area contributed by atoms with Crippen molar-refractivity contribution in [2.45, 2.75) is 51.0 Å². The van der Waals surface area contributed by atoms with E-state index in [1.165, 1.54) is 22.1 Å². The Bertz CT molecular complexity index is 596. The van der Waals surface area contributed by atoms with Crippen LogP contribution in [0.3, 0.4) is 0 Å². The highest BCUT2D eigenvalue weighted by atomic mass is 14.2. The van der Waals surface area contributed by atoms with E-state index in [4.69, 9.17) is 0 Å². The normalized spacial score (nSPS) is 29.6. The summed E-state index contributed by atoms with van der Waals surface area (Å²) in [6.07, 6.45) is 0. The molecule has 2 aromatic rings. The molecule has 2 saturated heterocycles. The summed E-state index contributed by atoms with van der Waals surface area (Å²) in [7, 11) is 0. The lowest BCUT2D eigenvalue weighted by molar-refractivity contribution is 1.02. The summed E-state index contributed by atoms with van der Waals surface area (Å²) >= 11 is 0. The fourth-order valence-corrected chi connectivity index (χ4v) is 4.34. The fourth-order valence-electron chi connectivity index (χ4n) is 4.34. The summed E-state index contributed by atoms with van der Waals surface area (Å²) in [5.41, 5.74) is 5.71. The second-order valence-electron chi connectivity index (χ2n) is 7.73. The summed E-state index contributed by atoms with van der Waals surface area (Å²) in [4.78, 5) is 0. The van der Waals surface area contributed by atoms with E-state index >= 15 is 0 Å². The van der Waals surface area contributed by atoms with Crippen LogP contribution in [-0.4, -0.2) is 13.4 Å². The quantitative estimate of drug-likeness (QED) is 0.736. The fraction of sp³-hybridized carbons (Fsp3) is 0.400. The van der Waals surface area contributed by atoms with Crippen LogP contribution in [0.2, 0.25) is 23.3 Å². The van der Waals surface area contributed by atoms with Gasteiger partial charge in [-0.25, -0.2) is 0 Å². The molecule has 0 nitrogen and oxygen atoms in total. The van der Waals surface area contributed by atoms with Gasteiger partial charge in [0.1, 0.15) is 0 Å². The van der Waals surface area contributed by atoms with E-state index in [0.717, 1.165) is 36.7 Å². The molecule has 0 bridgehead atoms. The largest absolute Gasteiger partial charge is 0.180 e. The van der Waals surface area contributed by atoms with Crippen molar-refractivity contribution < 1.29 is 0 Å². The third-order valence-electron chi connectivity index (χ3n) is 6.57. The van der Waals surface area contributed by atoms with Crippen molar-refractivity contribution in [3.63, 3.8) is 0 Å². The Morgan fingerprint density at radius 1 is 0.500 bits per heavy atom. The molecule has 0 radical (unpaired) electrons. The zero-order chi connectivity index (χ0) is 15.4. The second kappa shape index (κ2) is 5.05. The Balaban J connectivity index is 1.52. The lowest BCUT2D eigenvalue weighted by atomic mass is 9.58. The maximum atomic E-state index is 2.36. The Morgan fingerprint density at radius 3 is 1.00 bits per heavy atom. The molecule has 22 heavy (non-hydrogen) atoms. The lowest BCUT2D eigenvalue weighted by Gasteiger charge is -2.05. The van der Waals surface area contributed by atoms with Gasteiger partial charge in [0, 0.05) is 0 Å². The van der Waals surface area contributed by atoms with Crippen LogP contribution in [0.1, 0.15) is 27.7 Å². The molecule has 2 heteroatoms. The molecule has 4 atom stereocenters. The highest BCUT2D eigenvalue weighted by molar-refractivity contribution is 6.86. The molecule has 2 aromatic carbocycles. The standard InChI is InChI=1S/C20H24B2/c1-13-14(2)21(13)19-9-5-17(6-10-19)18-7-11-20(12-8-18)22-15(3)16(22)4/h5-16H,1-4H3. The molecule has 2 heterocycles. The van der Waals surface area contributed by atoms with Gasteiger partial charge in [-0.1, -0.05) is 110 Å². The van der Waals surface area contributed by atoms with Crippen LogP contribution in [0.25, 0.3) is 11.1 Å². The molecule has 0 saturated carbocycles. The molecule has 0 spiro atoms. The van der Waals surface area contributed by atoms with Crippen LogP contribution in [0, 0.1) is 0 Å². The second-order valence-corrected chi connectivity index (χ2v) is 7.73. The van der Waals surface area contributed by atoms with Crippen LogP contribution in [0.5, 0.6) is 0 Å². The third kappa shape index (κ3) is 2.24. The minimum atomic E-state index is 0.786. The van der Waals surface area contributed by atoms with Crippen molar-refractivity contribution in [3.8, 4) is 11.1 Å². The van der Waals surface area contributed by atoms with Crippen molar-refractivity contribution in [3.05, 3.63) is 48.5 Å². The van der Waals surface area contributed by atoms with Crippen molar-refractivity contribution in [1.29, 1.82) is 0 Å². The van der Waals surface area contributed by atoms with E-state index < -0.39 is 0 Å². The average Bonchev–Trinajstić information content (AvgIpc) is 3.36. The summed E-state index contributed by atoms with van der Waals surface area (Å²) < 4.78 is 0. The molecule has 0 aliphatic carbocycles. The van der Waals surface area contributed by atoms with Gasteiger partial charge in [0.15, 0.2) is 13.4 Å². The van der Waals surface area contributed by atoms with E-state index in [1.807, 2.05) is 0 Å². The molecule has 4 unspecified atom stereocenters. The lowest BCUT2D eigenvalue weighted by Crippen LogP contribution is -2.17. The molecule has 0 N–H and O–H groups in total. The smallest absolute Gasteiger partial charge is 0.0795 e. The van der Waals surface area contributed by atoms with Gasteiger partial charge in [0.05, 0.1) is 0 Å².